The molecular formula is C27H33FN4O. The zero-order valence-electron chi connectivity index (χ0n) is 19.3. The van der Waals surface area contributed by atoms with Gasteiger partial charge in [0.1, 0.15) is 17.2 Å². The Balaban J connectivity index is 1.48. The zero-order chi connectivity index (χ0) is 22.8. The van der Waals surface area contributed by atoms with Crippen molar-refractivity contribution in [3.8, 4) is 0 Å². The third kappa shape index (κ3) is 4.41. The molecule has 2 heterocycles. The number of rotatable bonds is 4. The van der Waals surface area contributed by atoms with Gasteiger partial charge in [0.2, 0.25) is 0 Å². The normalized spacial score (nSPS) is 27.9. The standard InChI is InChI=1S/C27H33FN4O/c1-20-18-27(15-16-31(20)19-21-9-4-2-5-10-21)25(29-23-12-6-3-7-13-23)30-26(33)32(27)24-14-8-11-22(28)17-24/h2,4-5,8-11,14,17,20,23H,3,6-7,12-13,15-16,18-19H2,1H3,(H,29,30,33)/t20-,27+/m0/s1. The second-order valence-electron chi connectivity index (χ2n) is 9.81. The molecule has 2 saturated heterocycles. The molecule has 2 atom stereocenters. The van der Waals surface area contributed by atoms with Gasteiger partial charge < -0.3 is 0 Å². The first-order valence-corrected chi connectivity index (χ1v) is 12.3. The number of piperidine rings is 1. The molecule has 1 aliphatic carbocycles. The minimum atomic E-state index is -0.561. The smallest absolute Gasteiger partial charge is 0.296 e. The number of carbonyl (C=O) groups excluding carboxylic acids is 1. The molecule has 2 aromatic rings. The molecule has 6 heteroatoms. The molecule has 0 radical (unpaired) electrons. The summed E-state index contributed by atoms with van der Waals surface area (Å²) >= 11 is 0. The summed E-state index contributed by atoms with van der Waals surface area (Å²) in [6, 6.07) is 17.2. The maximum atomic E-state index is 14.2. The van der Waals surface area contributed by atoms with Crippen LogP contribution in [-0.4, -0.2) is 40.9 Å². The lowest BCUT2D eigenvalue weighted by Crippen LogP contribution is -2.59. The van der Waals surface area contributed by atoms with Crippen LogP contribution in [0.5, 0.6) is 0 Å². The molecule has 1 spiro atoms. The summed E-state index contributed by atoms with van der Waals surface area (Å²) in [5.74, 6) is 0.456. The van der Waals surface area contributed by atoms with Crippen LogP contribution in [0.1, 0.15) is 57.4 Å². The molecule has 0 aromatic heterocycles. The van der Waals surface area contributed by atoms with E-state index in [-0.39, 0.29) is 23.9 Å². The van der Waals surface area contributed by atoms with Gasteiger partial charge in [-0.25, -0.2) is 9.18 Å². The number of likely N-dealkylation sites (tertiary alicyclic amines) is 1. The van der Waals surface area contributed by atoms with Gasteiger partial charge in [0.05, 0.1) is 6.04 Å². The van der Waals surface area contributed by atoms with Crippen molar-refractivity contribution >= 4 is 17.6 Å². The fraction of sp³-hybridized carbons (Fsp3) is 0.481. The van der Waals surface area contributed by atoms with Gasteiger partial charge in [-0.3, -0.25) is 20.1 Å². The minimum Gasteiger partial charge on any atom is -0.296 e. The summed E-state index contributed by atoms with van der Waals surface area (Å²) in [5.41, 5.74) is 1.33. The van der Waals surface area contributed by atoms with Crippen molar-refractivity contribution in [2.45, 2.75) is 76.0 Å². The Bertz CT molecular complexity index is 1020. The number of amides is 2. The van der Waals surface area contributed by atoms with E-state index in [0.717, 1.165) is 44.6 Å². The highest BCUT2D eigenvalue weighted by atomic mass is 19.1. The lowest BCUT2D eigenvalue weighted by atomic mass is 9.81. The average Bonchev–Trinajstić information content (AvgIpc) is 3.07. The van der Waals surface area contributed by atoms with Crippen molar-refractivity contribution in [2.24, 2.45) is 4.99 Å². The predicted octanol–water partition coefficient (Wildman–Crippen LogP) is 5.51. The number of hydrogen-bond acceptors (Lipinski definition) is 3. The molecule has 1 N–H and O–H groups in total. The molecule has 3 fully saturated rings. The maximum absolute atomic E-state index is 14.2. The molecule has 2 aromatic carbocycles. The van der Waals surface area contributed by atoms with Crippen molar-refractivity contribution < 1.29 is 9.18 Å². The van der Waals surface area contributed by atoms with Crippen molar-refractivity contribution in [3.05, 3.63) is 66.0 Å². The van der Waals surface area contributed by atoms with E-state index in [1.54, 1.807) is 11.0 Å². The summed E-state index contributed by atoms with van der Waals surface area (Å²) in [6.45, 7) is 3.96. The Kier molecular flexibility index (Phi) is 6.19. The number of hydrogen-bond donors (Lipinski definition) is 1. The third-order valence-electron chi connectivity index (χ3n) is 7.55. The Morgan fingerprint density at radius 2 is 1.88 bits per heavy atom. The van der Waals surface area contributed by atoms with Crippen LogP contribution in [0, 0.1) is 5.82 Å². The Morgan fingerprint density at radius 3 is 2.61 bits per heavy atom. The van der Waals surface area contributed by atoms with E-state index in [9.17, 15) is 9.18 Å². The third-order valence-corrected chi connectivity index (χ3v) is 7.55. The van der Waals surface area contributed by atoms with Gasteiger partial charge in [-0.05, 0) is 56.4 Å². The molecule has 1 saturated carbocycles. The summed E-state index contributed by atoms with van der Waals surface area (Å²) in [7, 11) is 0. The maximum Gasteiger partial charge on any atom is 0.328 e. The van der Waals surface area contributed by atoms with Gasteiger partial charge in [0.25, 0.3) is 0 Å². The Morgan fingerprint density at radius 1 is 1.09 bits per heavy atom. The van der Waals surface area contributed by atoms with Gasteiger partial charge >= 0.3 is 6.03 Å². The lowest BCUT2D eigenvalue weighted by Gasteiger charge is -2.47. The molecule has 5 nitrogen and oxygen atoms in total. The van der Waals surface area contributed by atoms with E-state index < -0.39 is 5.54 Å². The van der Waals surface area contributed by atoms with Crippen LogP contribution >= 0.6 is 0 Å². The van der Waals surface area contributed by atoms with Gasteiger partial charge in [0, 0.05) is 24.8 Å². The second-order valence-corrected chi connectivity index (χ2v) is 9.81. The number of amidine groups is 1. The number of benzene rings is 2. The highest BCUT2D eigenvalue weighted by Crippen LogP contribution is 2.41. The van der Waals surface area contributed by atoms with Gasteiger partial charge in [-0.2, -0.15) is 0 Å². The molecule has 2 amide bonds. The van der Waals surface area contributed by atoms with E-state index in [1.807, 2.05) is 12.1 Å². The van der Waals surface area contributed by atoms with Gasteiger partial charge in [0.15, 0.2) is 0 Å². The van der Waals surface area contributed by atoms with Crippen LogP contribution in [0.25, 0.3) is 0 Å². The molecule has 174 valence electrons. The van der Waals surface area contributed by atoms with E-state index in [0.29, 0.717) is 5.69 Å². The van der Waals surface area contributed by atoms with Crippen LogP contribution in [0.15, 0.2) is 59.6 Å². The number of carbonyl (C=O) groups is 1. The van der Waals surface area contributed by atoms with Crippen molar-refractivity contribution in [2.75, 3.05) is 11.4 Å². The SMILES string of the molecule is C[C@H]1C[C@]2(CCN1Cc1ccccc1)C(=NC1CCCCC1)NC(=O)N2c1cccc(F)c1. The molecule has 33 heavy (non-hydrogen) atoms. The zero-order valence-corrected chi connectivity index (χ0v) is 19.3. The van der Waals surface area contributed by atoms with Gasteiger partial charge in [-0.15, -0.1) is 0 Å². The number of urea groups is 1. The van der Waals surface area contributed by atoms with Crippen LogP contribution < -0.4 is 10.2 Å². The largest absolute Gasteiger partial charge is 0.328 e. The van der Waals surface area contributed by atoms with Gasteiger partial charge in [-0.1, -0.05) is 55.7 Å². The molecule has 3 aliphatic rings. The first-order chi connectivity index (χ1) is 16.0. The van der Waals surface area contributed by atoms with Crippen LogP contribution in [-0.2, 0) is 6.54 Å². The summed E-state index contributed by atoms with van der Waals surface area (Å²) in [4.78, 5) is 22.7. The fourth-order valence-electron chi connectivity index (χ4n) is 5.84. The predicted molar refractivity (Wildman–Crippen MR) is 130 cm³/mol. The van der Waals surface area contributed by atoms with E-state index in [1.165, 1.54) is 37.0 Å². The topological polar surface area (TPSA) is 47.9 Å². The number of halogens is 1. The van der Waals surface area contributed by atoms with E-state index in [4.69, 9.17) is 4.99 Å². The first-order valence-electron chi connectivity index (χ1n) is 12.3. The fourth-order valence-corrected chi connectivity index (χ4v) is 5.84. The lowest BCUT2D eigenvalue weighted by molar-refractivity contribution is 0.123. The minimum absolute atomic E-state index is 0.195. The summed E-state index contributed by atoms with van der Waals surface area (Å²) in [5, 5.41) is 3.11. The molecule has 2 aliphatic heterocycles. The quantitative estimate of drug-likeness (QED) is 0.670. The monoisotopic (exact) mass is 448 g/mol. The van der Waals surface area contributed by atoms with Crippen LogP contribution in [0.3, 0.4) is 0 Å². The van der Waals surface area contributed by atoms with E-state index in [2.05, 4.69) is 41.4 Å². The number of anilines is 1. The highest BCUT2D eigenvalue weighted by Gasteiger charge is 2.54. The molecule has 0 bridgehead atoms. The van der Waals surface area contributed by atoms with Crippen molar-refractivity contribution in [1.29, 1.82) is 0 Å². The molecule has 0 unspecified atom stereocenters. The van der Waals surface area contributed by atoms with Crippen LogP contribution in [0.2, 0.25) is 0 Å². The number of nitrogens with zero attached hydrogens (tertiary/aromatic N) is 3. The Hall–Kier alpha value is -2.73. The first kappa shape index (κ1) is 22.1. The van der Waals surface area contributed by atoms with E-state index >= 15 is 0 Å². The summed E-state index contributed by atoms with van der Waals surface area (Å²) in [6.07, 6.45) is 7.33. The van der Waals surface area contributed by atoms with Crippen molar-refractivity contribution in [3.63, 3.8) is 0 Å². The summed E-state index contributed by atoms with van der Waals surface area (Å²) < 4.78 is 14.2. The number of nitrogens with one attached hydrogen (secondary N) is 1. The number of aliphatic imine (C=N–C) groups is 1. The second kappa shape index (κ2) is 9.26. The Labute approximate surface area is 195 Å². The van der Waals surface area contributed by atoms with Crippen molar-refractivity contribution in [1.82, 2.24) is 10.2 Å². The molecular weight excluding hydrogens is 415 g/mol. The van der Waals surface area contributed by atoms with Crippen LogP contribution in [0.4, 0.5) is 14.9 Å². The molecule has 5 rings (SSSR count). The average molecular weight is 449 g/mol. The highest BCUT2D eigenvalue weighted by molar-refractivity contribution is 6.19.